The van der Waals surface area contributed by atoms with Crippen LogP contribution in [-0.2, 0) is 13.5 Å². The Hall–Kier alpha value is -0.310. The molecule has 0 bridgehead atoms. The minimum absolute atomic E-state index is 1.12. The predicted molar refractivity (Wildman–Crippen MR) is 54.6 cm³/mol. The van der Waals surface area contributed by atoms with Crippen LogP contribution in [-0.4, -0.2) is 15.1 Å². The first kappa shape index (κ1) is 9.78. The van der Waals surface area contributed by atoms with Crippen LogP contribution in [0.3, 0.4) is 0 Å². The van der Waals surface area contributed by atoms with Crippen molar-refractivity contribution < 1.29 is 0 Å². The van der Waals surface area contributed by atoms with Gasteiger partial charge in [0, 0.05) is 24.3 Å². The summed E-state index contributed by atoms with van der Waals surface area (Å²) in [4.78, 5) is 0. The van der Waals surface area contributed by atoms with Crippen LogP contribution in [0.15, 0.2) is 12.3 Å². The molecule has 1 aromatic heterocycles. The second kappa shape index (κ2) is 5.36. The fourth-order valence-electron chi connectivity index (χ4n) is 1.22. The van der Waals surface area contributed by atoms with Gasteiger partial charge in [-0.05, 0) is 25.3 Å². The normalized spacial score (nSPS) is 10.5. The fourth-order valence-corrected chi connectivity index (χ4v) is 1.62. The highest BCUT2D eigenvalue weighted by atomic mass is 79.9. The van der Waals surface area contributed by atoms with Crippen molar-refractivity contribution in [3.8, 4) is 0 Å². The zero-order valence-electron chi connectivity index (χ0n) is 7.46. The summed E-state index contributed by atoms with van der Waals surface area (Å²) in [5, 5.41) is 5.25. The summed E-state index contributed by atoms with van der Waals surface area (Å²) in [5.74, 6) is 0. The van der Waals surface area contributed by atoms with Gasteiger partial charge in [0.15, 0.2) is 0 Å². The smallest absolute Gasteiger partial charge is 0.0492 e. The van der Waals surface area contributed by atoms with Crippen LogP contribution < -0.4 is 0 Å². The standard InChI is InChI=1S/C9H15BrN2/c1-12-9(6-8-11-12)5-3-2-4-7-10/h6,8H,2-5,7H2,1H3. The Bertz CT molecular complexity index is 220. The van der Waals surface area contributed by atoms with Gasteiger partial charge in [-0.15, -0.1) is 0 Å². The molecule has 0 aliphatic carbocycles. The van der Waals surface area contributed by atoms with E-state index in [0.717, 1.165) is 11.8 Å². The quantitative estimate of drug-likeness (QED) is 0.562. The third-order valence-electron chi connectivity index (χ3n) is 1.99. The van der Waals surface area contributed by atoms with E-state index in [2.05, 4.69) is 27.1 Å². The van der Waals surface area contributed by atoms with Crippen LogP contribution in [0.1, 0.15) is 25.0 Å². The first-order valence-electron chi connectivity index (χ1n) is 4.37. The molecular weight excluding hydrogens is 216 g/mol. The zero-order valence-corrected chi connectivity index (χ0v) is 9.05. The van der Waals surface area contributed by atoms with E-state index in [1.54, 1.807) is 0 Å². The van der Waals surface area contributed by atoms with Crippen molar-refractivity contribution in [1.82, 2.24) is 9.78 Å². The summed E-state index contributed by atoms with van der Waals surface area (Å²) in [6.07, 6.45) is 6.86. The number of hydrogen-bond acceptors (Lipinski definition) is 1. The van der Waals surface area contributed by atoms with Crippen LogP contribution in [0.25, 0.3) is 0 Å². The van der Waals surface area contributed by atoms with Crippen molar-refractivity contribution in [1.29, 1.82) is 0 Å². The molecule has 12 heavy (non-hydrogen) atoms. The number of unbranched alkanes of at least 4 members (excludes halogenated alkanes) is 2. The predicted octanol–water partition coefficient (Wildman–Crippen LogP) is 2.53. The molecule has 0 amide bonds. The van der Waals surface area contributed by atoms with Gasteiger partial charge in [0.2, 0.25) is 0 Å². The molecule has 0 spiro atoms. The molecule has 0 atom stereocenters. The molecule has 0 N–H and O–H groups in total. The van der Waals surface area contributed by atoms with E-state index >= 15 is 0 Å². The van der Waals surface area contributed by atoms with Gasteiger partial charge in [-0.2, -0.15) is 5.10 Å². The molecule has 3 heteroatoms. The molecule has 1 aromatic rings. The minimum Gasteiger partial charge on any atom is -0.273 e. The number of halogens is 1. The Morgan fingerprint density at radius 1 is 1.42 bits per heavy atom. The molecule has 0 fully saturated rings. The average Bonchev–Trinajstić information content (AvgIpc) is 2.46. The molecule has 1 rings (SSSR count). The van der Waals surface area contributed by atoms with Crippen molar-refractivity contribution in [2.24, 2.45) is 7.05 Å². The van der Waals surface area contributed by atoms with Crippen LogP contribution in [0.4, 0.5) is 0 Å². The number of aryl methyl sites for hydroxylation is 2. The second-order valence-electron chi connectivity index (χ2n) is 2.95. The Kier molecular flexibility index (Phi) is 4.36. The Morgan fingerprint density at radius 3 is 2.83 bits per heavy atom. The van der Waals surface area contributed by atoms with Gasteiger partial charge in [0.1, 0.15) is 0 Å². The van der Waals surface area contributed by atoms with Gasteiger partial charge in [0.05, 0.1) is 0 Å². The van der Waals surface area contributed by atoms with Crippen molar-refractivity contribution in [2.45, 2.75) is 25.7 Å². The summed E-state index contributed by atoms with van der Waals surface area (Å²) >= 11 is 3.43. The van der Waals surface area contributed by atoms with E-state index in [9.17, 15) is 0 Å². The molecule has 0 radical (unpaired) electrons. The van der Waals surface area contributed by atoms with Gasteiger partial charge in [-0.25, -0.2) is 0 Å². The molecule has 0 aliphatic heterocycles. The summed E-state index contributed by atoms with van der Waals surface area (Å²) in [6.45, 7) is 0. The van der Waals surface area contributed by atoms with Gasteiger partial charge >= 0.3 is 0 Å². The van der Waals surface area contributed by atoms with Gasteiger partial charge in [-0.3, -0.25) is 4.68 Å². The van der Waals surface area contributed by atoms with Gasteiger partial charge < -0.3 is 0 Å². The van der Waals surface area contributed by atoms with Crippen molar-refractivity contribution in [3.05, 3.63) is 18.0 Å². The van der Waals surface area contributed by atoms with Gasteiger partial charge in [0.25, 0.3) is 0 Å². The molecule has 0 unspecified atom stereocenters. The maximum Gasteiger partial charge on any atom is 0.0492 e. The molecule has 68 valence electrons. The molecule has 2 nitrogen and oxygen atoms in total. The third-order valence-corrected chi connectivity index (χ3v) is 2.55. The lowest BCUT2D eigenvalue weighted by molar-refractivity contribution is 0.656. The summed E-state index contributed by atoms with van der Waals surface area (Å²) < 4.78 is 1.95. The van der Waals surface area contributed by atoms with Crippen LogP contribution in [0, 0.1) is 0 Å². The summed E-state index contributed by atoms with van der Waals surface area (Å²) in [7, 11) is 2.00. The van der Waals surface area contributed by atoms with Crippen LogP contribution in [0.5, 0.6) is 0 Å². The lowest BCUT2D eigenvalue weighted by Crippen LogP contribution is -1.97. The highest BCUT2D eigenvalue weighted by Gasteiger charge is 1.96. The topological polar surface area (TPSA) is 17.8 Å². The second-order valence-corrected chi connectivity index (χ2v) is 3.74. The van der Waals surface area contributed by atoms with Crippen LogP contribution >= 0.6 is 15.9 Å². The fraction of sp³-hybridized carbons (Fsp3) is 0.667. The van der Waals surface area contributed by atoms with E-state index in [1.807, 2.05) is 17.9 Å². The summed E-state index contributed by atoms with van der Waals surface area (Å²) in [5.41, 5.74) is 1.34. The largest absolute Gasteiger partial charge is 0.273 e. The molecule has 0 aliphatic rings. The van der Waals surface area contributed by atoms with Crippen molar-refractivity contribution in [2.75, 3.05) is 5.33 Å². The highest BCUT2D eigenvalue weighted by molar-refractivity contribution is 9.09. The van der Waals surface area contributed by atoms with Crippen molar-refractivity contribution in [3.63, 3.8) is 0 Å². The number of aromatic nitrogens is 2. The zero-order chi connectivity index (χ0) is 8.81. The number of hydrogen-bond donors (Lipinski definition) is 0. The maximum atomic E-state index is 4.12. The van der Waals surface area contributed by atoms with E-state index in [4.69, 9.17) is 0 Å². The lowest BCUT2D eigenvalue weighted by atomic mass is 10.1. The Balaban J connectivity index is 2.20. The third kappa shape index (κ3) is 2.97. The summed E-state index contributed by atoms with van der Waals surface area (Å²) in [6, 6.07) is 2.09. The van der Waals surface area contributed by atoms with E-state index in [-0.39, 0.29) is 0 Å². The SMILES string of the molecule is Cn1nccc1CCCCCBr. The van der Waals surface area contributed by atoms with Crippen molar-refractivity contribution >= 4 is 15.9 Å². The minimum atomic E-state index is 1.12. The Morgan fingerprint density at radius 2 is 2.25 bits per heavy atom. The first-order valence-corrected chi connectivity index (χ1v) is 5.49. The number of rotatable bonds is 5. The monoisotopic (exact) mass is 230 g/mol. The molecular formula is C9H15BrN2. The maximum absolute atomic E-state index is 4.12. The molecule has 0 aromatic carbocycles. The lowest BCUT2D eigenvalue weighted by Gasteiger charge is -2.00. The molecule has 1 heterocycles. The van der Waals surface area contributed by atoms with Crippen LogP contribution in [0.2, 0.25) is 0 Å². The average molecular weight is 231 g/mol. The van der Waals surface area contributed by atoms with E-state index in [1.165, 1.54) is 25.0 Å². The first-order chi connectivity index (χ1) is 5.84. The van der Waals surface area contributed by atoms with E-state index < -0.39 is 0 Å². The number of nitrogens with zero attached hydrogens (tertiary/aromatic N) is 2. The van der Waals surface area contributed by atoms with E-state index in [0.29, 0.717) is 0 Å². The molecule has 0 saturated carbocycles. The van der Waals surface area contributed by atoms with Gasteiger partial charge in [-0.1, -0.05) is 22.4 Å². The molecule has 0 saturated heterocycles. The highest BCUT2D eigenvalue weighted by Crippen LogP contribution is 2.05. The number of alkyl halides is 1. The Labute approximate surface area is 82.1 Å².